The van der Waals surface area contributed by atoms with Crippen molar-refractivity contribution in [2.24, 2.45) is 0 Å². The summed E-state index contributed by atoms with van der Waals surface area (Å²) in [5.41, 5.74) is 2.76. The highest BCUT2D eigenvalue weighted by Gasteiger charge is 2.28. The van der Waals surface area contributed by atoms with Crippen LogP contribution in [-0.4, -0.2) is 45.9 Å². The third-order valence-electron chi connectivity index (χ3n) is 4.85. The SMILES string of the molecule is O=C(c1n[nH]c2c1CNCC2)N1CCC(Sc2ccc(Cl)cc2)CC1. The molecule has 0 atom stereocenters. The zero-order valence-electron chi connectivity index (χ0n) is 13.9. The van der Waals surface area contributed by atoms with Crippen molar-refractivity contribution in [3.05, 3.63) is 46.2 Å². The number of piperidine rings is 1. The number of H-pyrrole nitrogens is 1. The van der Waals surface area contributed by atoms with Crippen molar-refractivity contribution in [2.45, 2.75) is 36.0 Å². The second-order valence-corrected chi connectivity index (χ2v) is 8.33. The molecular formula is C18H21ClN4OS. The van der Waals surface area contributed by atoms with Gasteiger partial charge in [-0.05, 0) is 37.1 Å². The van der Waals surface area contributed by atoms with E-state index in [1.54, 1.807) is 0 Å². The van der Waals surface area contributed by atoms with Crippen LogP contribution < -0.4 is 5.32 Å². The fraction of sp³-hybridized carbons (Fsp3) is 0.444. The van der Waals surface area contributed by atoms with E-state index < -0.39 is 0 Å². The van der Waals surface area contributed by atoms with Gasteiger partial charge in [-0.1, -0.05) is 11.6 Å². The minimum Gasteiger partial charge on any atom is -0.337 e. The second-order valence-electron chi connectivity index (χ2n) is 6.52. The van der Waals surface area contributed by atoms with Gasteiger partial charge in [-0.25, -0.2) is 0 Å². The van der Waals surface area contributed by atoms with Gasteiger partial charge in [-0.15, -0.1) is 11.8 Å². The summed E-state index contributed by atoms with van der Waals surface area (Å²) in [6.07, 6.45) is 2.92. The van der Waals surface area contributed by atoms with E-state index in [0.717, 1.165) is 61.7 Å². The zero-order chi connectivity index (χ0) is 17.2. The molecule has 0 unspecified atom stereocenters. The van der Waals surface area contributed by atoms with Crippen LogP contribution >= 0.6 is 23.4 Å². The van der Waals surface area contributed by atoms with Gasteiger partial charge in [0.1, 0.15) is 0 Å². The summed E-state index contributed by atoms with van der Waals surface area (Å²) in [7, 11) is 0. The van der Waals surface area contributed by atoms with Crippen LogP contribution in [0.15, 0.2) is 29.2 Å². The molecule has 2 aliphatic heterocycles. The van der Waals surface area contributed by atoms with Gasteiger partial charge < -0.3 is 10.2 Å². The minimum absolute atomic E-state index is 0.0659. The van der Waals surface area contributed by atoms with Crippen molar-refractivity contribution in [1.82, 2.24) is 20.4 Å². The molecule has 25 heavy (non-hydrogen) atoms. The lowest BCUT2D eigenvalue weighted by Crippen LogP contribution is -2.40. The number of hydrogen-bond acceptors (Lipinski definition) is 4. The summed E-state index contributed by atoms with van der Waals surface area (Å²) in [5.74, 6) is 0.0659. The Morgan fingerprint density at radius 1 is 1.24 bits per heavy atom. The predicted octanol–water partition coefficient (Wildman–Crippen LogP) is 3.11. The molecule has 0 bridgehead atoms. The number of thioether (sulfide) groups is 1. The number of likely N-dealkylation sites (tertiary alicyclic amines) is 1. The van der Waals surface area contributed by atoms with Crippen LogP contribution in [-0.2, 0) is 13.0 Å². The van der Waals surface area contributed by atoms with E-state index in [2.05, 4.69) is 27.6 Å². The molecule has 4 rings (SSSR count). The van der Waals surface area contributed by atoms with E-state index in [1.807, 2.05) is 28.8 Å². The van der Waals surface area contributed by atoms with Gasteiger partial charge in [0.15, 0.2) is 5.69 Å². The van der Waals surface area contributed by atoms with Crippen molar-refractivity contribution < 1.29 is 4.79 Å². The summed E-state index contributed by atoms with van der Waals surface area (Å²) < 4.78 is 0. The van der Waals surface area contributed by atoms with Gasteiger partial charge >= 0.3 is 0 Å². The molecule has 3 heterocycles. The number of rotatable bonds is 3. The summed E-state index contributed by atoms with van der Waals surface area (Å²) in [6, 6.07) is 7.98. The van der Waals surface area contributed by atoms with Crippen LogP contribution in [0.25, 0.3) is 0 Å². The Morgan fingerprint density at radius 2 is 2.00 bits per heavy atom. The molecule has 0 spiro atoms. The fourth-order valence-electron chi connectivity index (χ4n) is 3.43. The van der Waals surface area contributed by atoms with E-state index in [-0.39, 0.29) is 5.91 Å². The quantitative estimate of drug-likeness (QED) is 0.864. The summed E-state index contributed by atoms with van der Waals surface area (Å²) >= 11 is 7.82. The van der Waals surface area contributed by atoms with E-state index in [9.17, 15) is 4.79 Å². The standard InChI is InChI=1S/C18H21ClN4OS/c19-12-1-3-13(4-2-12)25-14-6-9-23(10-7-14)18(24)17-15-11-20-8-5-16(15)21-22-17/h1-4,14,20H,5-11H2,(H,21,22). The number of nitrogens with zero attached hydrogens (tertiary/aromatic N) is 2. The molecule has 132 valence electrons. The molecule has 2 aromatic rings. The Morgan fingerprint density at radius 3 is 2.76 bits per heavy atom. The van der Waals surface area contributed by atoms with Crippen molar-refractivity contribution >= 4 is 29.3 Å². The molecule has 1 amide bonds. The Balaban J connectivity index is 1.36. The average Bonchev–Trinajstić information content (AvgIpc) is 3.08. The lowest BCUT2D eigenvalue weighted by atomic mass is 10.1. The van der Waals surface area contributed by atoms with Crippen LogP contribution in [0, 0.1) is 0 Å². The number of aromatic nitrogens is 2. The second kappa shape index (κ2) is 7.40. The maximum atomic E-state index is 12.8. The number of carbonyl (C=O) groups is 1. The van der Waals surface area contributed by atoms with Gasteiger partial charge in [-0.3, -0.25) is 9.89 Å². The summed E-state index contributed by atoms with van der Waals surface area (Å²) in [6.45, 7) is 3.25. The highest BCUT2D eigenvalue weighted by Crippen LogP contribution is 2.31. The third kappa shape index (κ3) is 3.71. The van der Waals surface area contributed by atoms with Crippen LogP contribution in [0.5, 0.6) is 0 Å². The Labute approximate surface area is 156 Å². The molecule has 1 saturated heterocycles. The zero-order valence-corrected chi connectivity index (χ0v) is 15.5. The number of halogens is 1. The molecule has 0 saturated carbocycles. The van der Waals surface area contributed by atoms with Crippen LogP contribution in [0.2, 0.25) is 5.02 Å². The molecule has 5 nitrogen and oxygen atoms in total. The van der Waals surface area contributed by atoms with Crippen molar-refractivity contribution in [3.63, 3.8) is 0 Å². The number of hydrogen-bond donors (Lipinski definition) is 2. The average molecular weight is 377 g/mol. The van der Waals surface area contributed by atoms with Gasteiger partial charge in [0.25, 0.3) is 5.91 Å². The Kier molecular flexibility index (Phi) is 5.01. The number of fused-ring (bicyclic) bond motifs is 1. The van der Waals surface area contributed by atoms with Gasteiger partial charge in [0.05, 0.1) is 0 Å². The van der Waals surface area contributed by atoms with Gasteiger partial charge in [0, 0.05) is 59.0 Å². The molecule has 0 aliphatic carbocycles. The van der Waals surface area contributed by atoms with E-state index in [1.165, 1.54) is 4.90 Å². The maximum Gasteiger partial charge on any atom is 0.274 e. The van der Waals surface area contributed by atoms with Crippen LogP contribution in [0.4, 0.5) is 0 Å². The Hall–Kier alpha value is -1.50. The fourth-order valence-corrected chi connectivity index (χ4v) is 4.68. The summed E-state index contributed by atoms with van der Waals surface area (Å²) in [4.78, 5) is 16.0. The molecular weight excluding hydrogens is 356 g/mol. The number of amides is 1. The first-order chi connectivity index (χ1) is 12.2. The van der Waals surface area contributed by atoms with Crippen LogP contribution in [0.1, 0.15) is 34.6 Å². The maximum absolute atomic E-state index is 12.8. The molecule has 2 aliphatic rings. The topological polar surface area (TPSA) is 61.0 Å². The van der Waals surface area contributed by atoms with E-state index in [0.29, 0.717) is 10.9 Å². The van der Waals surface area contributed by atoms with Gasteiger partial charge in [-0.2, -0.15) is 5.10 Å². The monoisotopic (exact) mass is 376 g/mol. The van der Waals surface area contributed by atoms with Crippen molar-refractivity contribution in [1.29, 1.82) is 0 Å². The largest absolute Gasteiger partial charge is 0.337 e. The van der Waals surface area contributed by atoms with Crippen molar-refractivity contribution in [2.75, 3.05) is 19.6 Å². The molecule has 1 fully saturated rings. The third-order valence-corrected chi connectivity index (χ3v) is 6.46. The molecule has 1 aromatic carbocycles. The lowest BCUT2D eigenvalue weighted by Gasteiger charge is -2.31. The number of benzene rings is 1. The first kappa shape index (κ1) is 16.9. The number of nitrogens with one attached hydrogen (secondary N) is 2. The van der Waals surface area contributed by atoms with E-state index in [4.69, 9.17) is 11.6 Å². The lowest BCUT2D eigenvalue weighted by molar-refractivity contribution is 0.0720. The number of carbonyl (C=O) groups excluding carboxylic acids is 1. The molecule has 1 aromatic heterocycles. The molecule has 0 radical (unpaired) electrons. The molecule has 7 heteroatoms. The van der Waals surface area contributed by atoms with Gasteiger partial charge in [0.2, 0.25) is 0 Å². The van der Waals surface area contributed by atoms with Crippen molar-refractivity contribution in [3.8, 4) is 0 Å². The normalized spacial score (nSPS) is 18.2. The molecule has 2 N–H and O–H groups in total. The smallest absolute Gasteiger partial charge is 0.274 e. The summed E-state index contributed by atoms with van der Waals surface area (Å²) in [5, 5.41) is 12.0. The first-order valence-electron chi connectivity index (χ1n) is 8.69. The highest BCUT2D eigenvalue weighted by atomic mass is 35.5. The van der Waals surface area contributed by atoms with Crippen LogP contribution in [0.3, 0.4) is 0 Å². The highest BCUT2D eigenvalue weighted by molar-refractivity contribution is 8.00. The van der Waals surface area contributed by atoms with E-state index >= 15 is 0 Å². The predicted molar refractivity (Wildman–Crippen MR) is 100 cm³/mol. The number of aromatic amines is 1. The first-order valence-corrected chi connectivity index (χ1v) is 9.95. The minimum atomic E-state index is 0.0659. The Bertz CT molecular complexity index is 753.